The van der Waals surface area contributed by atoms with Gasteiger partial charge in [-0.15, -0.1) is 0 Å². The van der Waals surface area contributed by atoms with Crippen molar-refractivity contribution in [2.75, 3.05) is 16.4 Å². The van der Waals surface area contributed by atoms with Gasteiger partial charge in [-0.05, 0) is 31.0 Å². The van der Waals surface area contributed by atoms with Crippen LogP contribution in [0, 0.1) is 0 Å². The molecular weight excluding hydrogens is 502 g/mol. The molecule has 8 N–H and O–H groups in total. The van der Waals surface area contributed by atoms with E-state index < -0.39 is 47.0 Å². The lowest BCUT2D eigenvalue weighted by molar-refractivity contribution is 0.374. The van der Waals surface area contributed by atoms with Crippen LogP contribution in [0.25, 0.3) is 0 Å². The maximum absolute atomic E-state index is 11.7. The highest BCUT2D eigenvalue weighted by atomic mass is 32.2. The molecule has 0 aliphatic heterocycles. The molecule has 0 amide bonds. The van der Waals surface area contributed by atoms with Gasteiger partial charge in [0, 0.05) is 12.1 Å². The van der Waals surface area contributed by atoms with Crippen molar-refractivity contribution in [1.29, 1.82) is 0 Å². The molecule has 1 aromatic carbocycles. The Hall–Kier alpha value is -2.48. The Morgan fingerprint density at radius 3 is 2.21 bits per heavy atom. The Kier molecular flexibility index (Phi) is 7.46. The average molecular weight is 524 g/mol. The Bertz CT molecular complexity index is 1270. The summed E-state index contributed by atoms with van der Waals surface area (Å²) < 4.78 is 87.8. The quantitative estimate of drug-likeness (QED) is 0.180. The minimum absolute atomic E-state index is 0.0354. The zero-order valence-corrected chi connectivity index (χ0v) is 19.2. The van der Waals surface area contributed by atoms with Crippen molar-refractivity contribution in [2.45, 2.75) is 47.6 Å². The molecule has 0 bridgehead atoms. The van der Waals surface area contributed by atoms with Crippen LogP contribution in [0.4, 0.5) is 23.5 Å². The highest BCUT2D eigenvalue weighted by Gasteiger charge is 2.27. The van der Waals surface area contributed by atoms with Gasteiger partial charge >= 0.3 is 0 Å². The van der Waals surface area contributed by atoms with Crippen LogP contribution in [0.1, 0.15) is 25.7 Å². The number of benzene rings is 1. The van der Waals surface area contributed by atoms with Gasteiger partial charge in [0.05, 0.1) is 10.6 Å². The molecule has 2 aromatic rings. The molecule has 3 atom stereocenters. The van der Waals surface area contributed by atoms with Crippen LogP contribution in [0.2, 0.25) is 0 Å². The molecule has 3 rings (SSSR count). The molecule has 0 saturated heterocycles. The fourth-order valence-electron chi connectivity index (χ4n) is 3.37. The van der Waals surface area contributed by atoms with Crippen molar-refractivity contribution in [2.24, 2.45) is 0 Å². The minimum Gasteiger partial charge on any atom is -0.368 e. The van der Waals surface area contributed by atoms with Crippen LogP contribution in [-0.4, -0.2) is 61.7 Å². The molecule has 1 fully saturated rings. The number of aromatic nitrogens is 3. The van der Waals surface area contributed by atoms with Crippen LogP contribution in [0.5, 0.6) is 0 Å². The van der Waals surface area contributed by atoms with E-state index in [2.05, 4.69) is 30.3 Å². The van der Waals surface area contributed by atoms with Gasteiger partial charge in [-0.2, -0.15) is 31.8 Å². The molecule has 15 nitrogen and oxygen atoms in total. The van der Waals surface area contributed by atoms with Gasteiger partial charge < -0.3 is 16.4 Å². The van der Waals surface area contributed by atoms with Gasteiger partial charge in [0.1, 0.15) is 4.90 Å². The van der Waals surface area contributed by atoms with Crippen LogP contribution in [-0.2, 0) is 31.5 Å². The molecule has 1 aliphatic carbocycles. The second-order valence-electron chi connectivity index (χ2n) is 7.08. The Morgan fingerprint density at radius 1 is 0.970 bits per heavy atom. The highest BCUT2D eigenvalue weighted by molar-refractivity contribution is 7.86. The number of hydrogen-bond donors (Lipinski definition) is 7. The normalized spacial score (nSPS) is 20.2. The first kappa shape index (κ1) is 25.1. The summed E-state index contributed by atoms with van der Waals surface area (Å²) >= 11 is -2.23. The largest absolute Gasteiger partial charge is 0.368 e. The summed E-state index contributed by atoms with van der Waals surface area (Å²) in [5, 5.41) is 5.44. The number of nitrogens with one attached hydrogen (secondary N) is 3. The van der Waals surface area contributed by atoms with Crippen molar-refractivity contribution in [3.05, 3.63) is 18.2 Å². The van der Waals surface area contributed by atoms with Gasteiger partial charge in [0.2, 0.25) is 29.1 Å². The number of nitrogens with two attached hydrogens (primary N) is 1. The average Bonchev–Trinajstić information content (AvgIpc) is 2.67. The van der Waals surface area contributed by atoms with Crippen LogP contribution in [0.15, 0.2) is 28.0 Å². The summed E-state index contributed by atoms with van der Waals surface area (Å²) in [5.74, 6) is -0.611. The van der Waals surface area contributed by atoms with E-state index in [9.17, 15) is 30.1 Å². The van der Waals surface area contributed by atoms with Crippen molar-refractivity contribution in [3.63, 3.8) is 0 Å². The first-order valence-corrected chi connectivity index (χ1v) is 13.3. The molecule has 1 aromatic heterocycles. The molecule has 3 unspecified atom stereocenters. The predicted molar refractivity (Wildman–Crippen MR) is 117 cm³/mol. The van der Waals surface area contributed by atoms with Crippen molar-refractivity contribution in [1.82, 2.24) is 19.7 Å². The van der Waals surface area contributed by atoms with Crippen molar-refractivity contribution in [3.8, 4) is 0 Å². The van der Waals surface area contributed by atoms with E-state index in [1.54, 1.807) is 0 Å². The number of nitrogen functional groups attached to an aromatic ring is 1. The summed E-state index contributed by atoms with van der Waals surface area (Å²) in [6, 6.07) is 1.64. The molecule has 33 heavy (non-hydrogen) atoms. The van der Waals surface area contributed by atoms with Crippen LogP contribution < -0.4 is 21.1 Å². The molecule has 1 heterocycles. The van der Waals surface area contributed by atoms with E-state index in [4.69, 9.17) is 10.3 Å². The van der Waals surface area contributed by atoms with E-state index in [1.807, 2.05) is 0 Å². The summed E-state index contributed by atoms with van der Waals surface area (Å²) in [7, 11) is -9.49. The number of hydrogen-bond acceptors (Lipinski definition) is 11. The second kappa shape index (κ2) is 9.79. The summed E-state index contributed by atoms with van der Waals surface area (Å²) in [5.41, 5.74) is 5.26. The molecule has 1 aliphatic rings. The third-order valence-corrected chi connectivity index (χ3v) is 7.02. The molecule has 0 radical (unpaired) electrons. The van der Waals surface area contributed by atoms with Gasteiger partial charge in [-0.3, -0.25) is 13.7 Å². The molecule has 1 saturated carbocycles. The van der Waals surface area contributed by atoms with Crippen LogP contribution in [0.3, 0.4) is 0 Å². The van der Waals surface area contributed by atoms with Crippen molar-refractivity contribution >= 4 is 55.0 Å². The minimum atomic E-state index is -4.80. The van der Waals surface area contributed by atoms with Gasteiger partial charge in [-0.25, -0.2) is 8.93 Å². The number of nitrogens with zero attached hydrogens (tertiary/aromatic N) is 3. The summed E-state index contributed by atoms with van der Waals surface area (Å²) in [6.07, 6.45) is 2.95. The lowest BCUT2D eigenvalue weighted by Gasteiger charge is -2.31. The standard InChI is InChI=1S/C15H21N7O8S3/c16-13-19-14(17-9-3-1-2-4-10(9)22-31(23)24)21-15(20-13)18-11-7-8(32(25,26)27)5-6-12(11)33(28,29)30/h5-7,9-10,22H,1-4H2,(H,23,24)(H,25,26,27)(H,28,29,30)(H4,16,17,18,19,20,21). The SMILES string of the molecule is Nc1nc(Nc2cc(S(=O)(=O)O)ccc2S(=O)(=O)O)nc(NC2CCCCC2NS(=O)O)n1. The Balaban J connectivity index is 1.93. The first-order valence-electron chi connectivity index (χ1n) is 9.34. The number of rotatable bonds is 8. The summed E-state index contributed by atoms with van der Waals surface area (Å²) in [4.78, 5) is 10.5. The number of anilines is 4. The first-order chi connectivity index (χ1) is 15.3. The molecular formula is C15H21N7O8S3. The van der Waals surface area contributed by atoms with E-state index >= 15 is 0 Å². The molecule has 0 spiro atoms. The third-order valence-electron chi connectivity index (χ3n) is 4.76. The zero-order valence-electron chi connectivity index (χ0n) is 16.7. The van der Waals surface area contributed by atoms with Gasteiger partial charge in [0.15, 0.2) is 0 Å². The Morgan fingerprint density at radius 2 is 1.61 bits per heavy atom. The van der Waals surface area contributed by atoms with E-state index in [-0.39, 0.29) is 29.9 Å². The molecule has 18 heteroatoms. The maximum atomic E-state index is 11.7. The summed E-state index contributed by atoms with van der Waals surface area (Å²) in [6.45, 7) is 0. The zero-order chi connectivity index (χ0) is 24.4. The van der Waals surface area contributed by atoms with Crippen LogP contribution >= 0.6 is 0 Å². The topological polar surface area (TPSA) is 247 Å². The lowest BCUT2D eigenvalue weighted by atomic mass is 9.91. The monoisotopic (exact) mass is 523 g/mol. The second-order valence-corrected chi connectivity index (χ2v) is 10.6. The highest BCUT2D eigenvalue weighted by Crippen LogP contribution is 2.28. The smallest absolute Gasteiger partial charge is 0.296 e. The van der Waals surface area contributed by atoms with E-state index in [0.29, 0.717) is 12.8 Å². The molecule has 182 valence electrons. The van der Waals surface area contributed by atoms with E-state index in [1.165, 1.54) is 0 Å². The van der Waals surface area contributed by atoms with Crippen molar-refractivity contribution < 1.29 is 34.7 Å². The fourth-order valence-corrected chi connectivity index (χ4v) is 5.04. The third kappa shape index (κ3) is 6.76. The van der Waals surface area contributed by atoms with E-state index in [0.717, 1.165) is 31.0 Å². The maximum Gasteiger partial charge on any atom is 0.296 e. The fraction of sp³-hybridized carbons (Fsp3) is 0.400. The van der Waals surface area contributed by atoms with Gasteiger partial charge in [-0.1, -0.05) is 12.8 Å². The lowest BCUT2D eigenvalue weighted by Crippen LogP contribution is -2.47. The predicted octanol–water partition coefficient (Wildman–Crippen LogP) is 0.140. The van der Waals surface area contributed by atoms with Gasteiger partial charge in [0.25, 0.3) is 20.2 Å². The Labute approximate surface area is 191 Å².